The molecule has 1 aliphatic rings. The number of carbonyl (C=O) groups excluding carboxylic acids is 1. The molecule has 1 atom stereocenters. The molecule has 0 radical (unpaired) electrons. The van der Waals surface area contributed by atoms with E-state index in [1.54, 1.807) is 6.07 Å². The molecule has 0 bridgehead atoms. The molecule has 0 amide bonds. The molecule has 0 unspecified atom stereocenters. The first-order valence-electron chi connectivity index (χ1n) is 9.05. The first kappa shape index (κ1) is 17.6. The van der Waals surface area contributed by atoms with E-state index < -0.39 is 12.1 Å². The van der Waals surface area contributed by atoms with E-state index in [2.05, 4.69) is 4.98 Å². The van der Waals surface area contributed by atoms with E-state index in [1.165, 1.54) is 13.2 Å². The number of aromatic hydroxyl groups is 1. The second kappa shape index (κ2) is 6.57. The van der Waals surface area contributed by atoms with Gasteiger partial charge in [0.05, 0.1) is 7.11 Å². The van der Waals surface area contributed by atoms with Gasteiger partial charge in [-0.15, -0.1) is 0 Å². The van der Waals surface area contributed by atoms with Gasteiger partial charge >= 0.3 is 5.97 Å². The number of benzene rings is 3. The maximum atomic E-state index is 12.5. The molecule has 3 aromatic carbocycles. The molecule has 0 fully saturated rings. The molecule has 5 rings (SSSR count). The summed E-state index contributed by atoms with van der Waals surface area (Å²) in [4.78, 5) is 15.8. The lowest BCUT2D eigenvalue weighted by Gasteiger charge is -2.21. The summed E-state index contributed by atoms with van der Waals surface area (Å²) in [5.41, 5.74) is 4.07. The van der Waals surface area contributed by atoms with Crippen molar-refractivity contribution in [1.82, 2.24) is 4.98 Å². The van der Waals surface area contributed by atoms with Crippen LogP contribution in [0.1, 0.15) is 27.6 Å². The zero-order chi connectivity index (χ0) is 20.1. The van der Waals surface area contributed by atoms with E-state index in [1.807, 2.05) is 48.7 Å². The average molecular weight is 406 g/mol. The summed E-state index contributed by atoms with van der Waals surface area (Å²) < 4.78 is 11.4. The molecular formula is C23H16ClNO4. The number of phenolic OH excluding ortho intramolecular Hbond substituents is 1. The molecule has 1 aliphatic heterocycles. The van der Waals surface area contributed by atoms with Crippen LogP contribution in [0, 0.1) is 0 Å². The number of methoxy groups -OCH3 is 1. The van der Waals surface area contributed by atoms with Gasteiger partial charge in [-0.05, 0) is 35.9 Å². The number of fused-ring (bicyclic) bond motifs is 2. The highest BCUT2D eigenvalue weighted by Crippen LogP contribution is 2.48. The van der Waals surface area contributed by atoms with Gasteiger partial charge in [0.2, 0.25) is 0 Å². The van der Waals surface area contributed by atoms with Crippen molar-refractivity contribution in [2.45, 2.75) is 6.10 Å². The number of rotatable bonds is 2. The van der Waals surface area contributed by atoms with E-state index in [-0.39, 0.29) is 11.3 Å². The summed E-state index contributed by atoms with van der Waals surface area (Å²) in [7, 11) is 1.29. The van der Waals surface area contributed by atoms with Crippen molar-refractivity contribution in [3.05, 3.63) is 82.5 Å². The van der Waals surface area contributed by atoms with Crippen molar-refractivity contribution in [3.63, 3.8) is 0 Å². The van der Waals surface area contributed by atoms with Crippen molar-refractivity contribution >= 4 is 28.5 Å². The first-order chi connectivity index (χ1) is 14.1. The second-order valence-electron chi connectivity index (χ2n) is 6.85. The number of ether oxygens (including phenoxy) is 2. The Kier molecular flexibility index (Phi) is 4.00. The normalized spacial score (nSPS) is 14.8. The molecule has 5 nitrogen and oxygen atoms in total. The zero-order valence-corrected chi connectivity index (χ0v) is 16.2. The standard InChI is InChI=1S/C23H16ClNO4/c1-28-23(27)21-17(26)8-9-18-20(21)15-11-25-16-7-3-6-14(19(15)16)22(29-18)12-4-2-5-13(24)10-12/h2-11,22,25-26H,1H3/t22-/m1/s1. The predicted octanol–water partition coefficient (Wildman–Crippen LogP) is 5.46. The fourth-order valence-corrected chi connectivity index (χ4v) is 4.18. The average Bonchev–Trinajstić information content (AvgIpc) is 3.09. The topological polar surface area (TPSA) is 71.5 Å². The number of halogens is 1. The fraction of sp³-hybridized carbons (Fsp3) is 0.0870. The molecule has 29 heavy (non-hydrogen) atoms. The van der Waals surface area contributed by atoms with Crippen LogP contribution < -0.4 is 4.74 Å². The molecule has 4 aromatic rings. The highest BCUT2D eigenvalue weighted by molar-refractivity contribution is 6.30. The Morgan fingerprint density at radius 2 is 2.00 bits per heavy atom. The van der Waals surface area contributed by atoms with Crippen molar-refractivity contribution in [3.8, 4) is 22.6 Å². The molecule has 6 heteroatoms. The highest BCUT2D eigenvalue weighted by atomic mass is 35.5. The van der Waals surface area contributed by atoms with Crippen LogP contribution in [0.5, 0.6) is 11.5 Å². The number of phenols is 1. The molecule has 0 spiro atoms. The minimum Gasteiger partial charge on any atom is -0.507 e. The third-order valence-corrected chi connectivity index (χ3v) is 5.46. The van der Waals surface area contributed by atoms with Crippen molar-refractivity contribution in [2.24, 2.45) is 0 Å². The molecule has 0 saturated carbocycles. The van der Waals surface area contributed by atoms with Crippen LogP contribution in [0.4, 0.5) is 0 Å². The highest BCUT2D eigenvalue weighted by Gasteiger charge is 2.31. The van der Waals surface area contributed by atoms with Gasteiger partial charge in [-0.1, -0.05) is 35.9 Å². The van der Waals surface area contributed by atoms with Crippen LogP contribution in [-0.4, -0.2) is 23.2 Å². The number of nitrogens with one attached hydrogen (secondary N) is 1. The zero-order valence-electron chi connectivity index (χ0n) is 15.4. The van der Waals surface area contributed by atoms with E-state index in [0.717, 1.165) is 27.6 Å². The van der Waals surface area contributed by atoms with Gasteiger partial charge in [0, 0.05) is 38.8 Å². The molecule has 144 valence electrons. The van der Waals surface area contributed by atoms with Gasteiger partial charge in [0.25, 0.3) is 0 Å². The van der Waals surface area contributed by atoms with Gasteiger partial charge in [0.1, 0.15) is 23.2 Å². The number of hydrogen-bond acceptors (Lipinski definition) is 4. The molecule has 1 aromatic heterocycles. The lowest BCUT2D eigenvalue weighted by atomic mass is 9.93. The van der Waals surface area contributed by atoms with Crippen molar-refractivity contribution in [1.29, 1.82) is 0 Å². The Morgan fingerprint density at radius 1 is 1.17 bits per heavy atom. The smallest absolute Gasteiger partial charge is 0.342 e. The summed E-state index contributed by atoms with van der Waals surface area (Å²) in [6.07, 6.45) is 1.38. The van der Waals surface area contributed by atoms with E-state index in [9.17, 15) is 9.90 Å². The lowest BCUT2D eigenvalue weighted by Crippen LogP contribution is -2.10. The van der Waals surface area contributed by atoms with Gasteiger partial charge in [0.15, 0.2) is 0 Å². The summed E-state index contributed by atoms with van der Waals surface area (Å²) in [6, 6.07) is 16.5. The quantitative estimate of drug-likeness (QED) is 0.434. The predicted molar refractivity (Wildman–Crippen MR) is 111 cm³/mol. The third-order valence-electron chi connectivity index (χ3n) is 5.22. The number of H-pyrrole nitrogens is 1. The van der Waals surface area contributed by atoms with Gasteiger partial charge in [-0.2, -0.15) is 0 Å². The molecule has 2 N–H and O–H groups in total. The van der Waals surface area contributed by atoms with Crippen LogP contribution in [-0.2, 0) is 4.74 Å². The van der Waals surface area contributed by atoms with Crippen molar-refractivity contribution in [2.75, 3.05) is 7.11 Å². The fourth-order valence-electron chi connectivity index (χ4n) is 3.98. The Hall–Kier alpha value is -3.44. The maximum Gasteiger partial charge on any atom is 0.342 e. The number of hydrogen-bond donors (Lipinski definition) is 2. The molecule has 0 saturated heterocycles. The van der Waals surface area contributed by atoms with E-state index >= 15 is 0 Å². The first-order valence-corrected chi connectivity index (χ1v) is 9.43. The Balaban J connectivity index is 1.87. The molecule has 2 heterocycles. The lowest BCUT2D eigenvalue weighted by molar-refractivity contribution is 0.0598. The minimum atomic E-state index is -0.629. The van der Waals surface area contributed by atoms with Crippen LogP contribution in [0.15, 0.2) is 60.8 Å². The summed E-state index contributed by atoms with van der Waals surface area (Å²) >= 11 is 6.24. The number of aromatic amines is 1. The van der Waals surface area contributed by atoms with Crippen LogP contribution in [0.25, 0.3) is 22.0 Å². The van der Waals surface area contributed by atoms with Gasteiger partial charge in [-0.3, -0.25) is 0 Å². The number of aromatic nitrogens is 1. The van der Waals surface area contributed by atoms with Gasteiger partial charge in [-0.25, -0.2) is 4.79 Å². The maximum absolute atomic E-state index is 12.5. The second-order valence-corrected chi connectivity index (χ2v) is 7.29. The minimum absolute atomic E-state index is 0.0763. The SMILES string of the molecule is COC(=O)c1c(O)ccc2c1-c1c[nH]c3cccc(c13)[C@@H](c1cccc(Cl)c1)O2. The van der Waals surface area contributed by atoms with Crippen LogP contribution in [0.3, 0.4) is 0 Å². The summed E-state index contributed by atoms with van der Waals surface area (Å²) in [5, 5.41) is 12.0. The van der Waals surface area contributed by atoms with E-state index in [4.69, 9.17) is 21.1 Å². The Labute approximate surface area is 171 Å². The Bertz CT molecular complexity index is 1280. The van der Waals surface area contributed by atoms with E-state index in [0.29, 0.717) is 16.3 Å². The number of carbonyl (C=O) groups is 1. The summed E-state index contributed by atoms with van der Waals surface area (Å²) in [6.45, 7) is 0. The van der Waals surface area contributed by atoms with Crippen LogP contribution >= 0.6 is 11.6 Å². The monoisotopic (exact) mass is 405 g/mol. The third kappa shape index (κ3) is 2.66. The van der Waals surface area contributed by atoms with Crippen LogP contribution in [0.2, 0.25) is 5.02 Å². The van der Waals surface area contributed by atoms with Crippen molar-refractivity contribution < 1.29 is 19.4 Å². The molecular weight excluding hydrogens is 390 g/mol. The largest absolute Gasteiger partial charge is 0.507 e. The Morgan fingerprint density at radius 3 is 2.79 bits per heavy atom. The van der Waals surface area contributed by atoms with Gasteiger partial charge < -0.3 is 19.6 Å². The summed E-state index contributed by atoms with van der Waals surface area (Å²) in [5.74, 6) is -0.312. The number of esters is 1. The molecule has 0 aliphatic carbocycles.